The SMILES string of the molecule is O=C1[C@H](NS(=O)(=O)c2cc3ncccc3s2)CCN1Cc1cc2ccncc2[nH]1. The Hall–Kier alpha value is -2.82. The highest BCUT2D eigenvalue weighted by Crippen LogP contribution is 2.28. The van der Waals surface area contributed by atoms with Crippen molar-refractivity contribution < 1.29 is 13.2 Å². The van der Waals surface area contributed by atoms with E-state index in [0.717, 1.165) is 32.6 Å². The molecule has 5 rings (SSSR count). The Labute approximate surface area is 170 Å². The van der Waals surface area contributed by atoms with Crippen LogP contribution in [0.2, 0.25) is 0 Å². The van der Waals surface area contributed by atoms with Gasteiger partial charge in [-0.1, -0.05) is 0 Å². The number of H-pyrrole nitrogens is 1. The Bertz CT molecular complexity index is 1260. The van der Waals surface area contributed by atoms with Gasteiger partial charge in [-0.2, -0.15) is 4.72 Å². The van der Waals surface area contributed by atoms with Crippen LogP contribution in [-0.4, -0.2) is 46.8 Å². The third-order valence-electron chi connectivity index (χ3n) is 4.97. The van der Waals surface area contributed by atoms with Crippen molar-refractivity contribution in [1.82, 2.24) is 24.6 Å². The van der Waals surface area contributed by atoms with Crippen LogP contribution in [0.15, 0.2) is 53.1 Å². The fourth-order valence-electron chi connectivity index (χ4n) is 3.55. The number of nitrogens with one attached hydrogen (secondary N) is 2. The molecule has 1 fully saturated rings. The minimum absolute atomic E-state index is 0.167. The summed E-state index contributed by atoms with van der Waals surface area (Å²) in [5.41, 5.74) is 2.43. The summed E-state index contributed by atoms with van der Waals surface area (Å²) in [5, 5.41) is 1.03. The maximum atomic E-state index is 12.8. The molecule has 1 atom stereocenters. The number of pyridine rings is 2. The number of rotatable bonds is 5. The summed E-state index contributed by atoms with van der Waals surface area (Å²) < 4.78 is 29.1. The van der Waals surface area contributed by atoms with Crippen LogP contribution in [-0.2, 0) is 21.4 Å². The van der Waals surface area contributed by atoms with Gasteiger partial charge < -0.3 is 9.88 Å². The molecule has 1 aliphatic heterocycles. The summed E-state index contributed by atoms with van der Waals surface area (Å²) in [7, 11) is -3.79. The molecule has 0 aromatic carbocycles. The number of amides is 1. The summed E-state index contributed by atoms with van der Waals surface area (Å²) >= 11 is 1.15. The lowest BCUT2D eigenvalue weighted by Crippen LogP contribution is -2.41. The Balaban J connectivity index is 1.31. The van der Waals surface area contributed by atoms with Crippen LogP contribution in [0.3, 0.4) is 0 Å². The molecule has 1 aliphatic rings. The number of fused-ring (bicyclic) bond motifs is 2. The topological polar surface area (TPSA) is 108 Å². The quantitative estimate of drug-likeness (QED) is 0.508. The Morgan fingerprint density at radius 1 is 1.28 bits per heavy atom. The monoisotopic (exact) mass is 427 g/mol. The molecule has 1 amide bonds. The fourth-order valence-corrected chi connectivity index (χ4v) is 6.13. The van der Waals surface area contributed by atoms with Gasteiger partial charge in [-0.05, 0) is 36.8 Å². The average molecular weight is 428 g/mol. The second kappa shape index (κ2) is 6.90. The first-order valence-electron chi connectivity index (χ1n) is 9.07. The molecule has 148 valence electrons. The highest BCUT2D eigenvalue weighted by Gasteiger charge is 2.35. The van der Waals surface area contributed by atoms with E-state index in [4.69, 9.17) is 0 Å². The number of aromatic amines is 1. The number of sulfonamides is 1. The first kappa shape index (κ1) is 18.2. The maximum absolute atomic E-state index is 12.8. The molecule has 0 aliphatic carbocycles. The number of thiophene rings is 1. The molecule has 2 N–H and O–H groups in total. The zero-order chi connectivity index (χ0) is 20.0. The lowest BCUT2D eigenvalue weighted by atomic mass is 10.3. The van der Waals surface area contributed by atoms with E-state index in [9.17, 15) is 13.2 Å². The highest BCUT2D eigenvalue weighted by atomic mass is 32.2. The second-order valence-corrected chi connectivity index (χ2v) is 9.96. The molecule has 8 nitrogen and oxygen atoms in total. The van der Waals surface area contributed by atoms with Gasteiger partial charge in [-0.15, -0.1) is 11.3 Å². The molecular weight excluding hydrogens is 410 g/mol. The molecule has 5 heterocycles. The minimum Gasteiger partial charge on any atom is -0.356 e. The molecule has 1 saturated heterocycles. The van der Waals surface area contributed by atoms with Gasteiger partial charge in [0.15, 0.2) is 0 Å². The van der Waals surface area contributed by atoms with Crippen LogP contribution >= 0.6 is 11.3 Å². The Morgan fingerprint density at radius 3 is 3.00 bits per heavy atom. The lowest BCUT2D eigenvalue weighted by molar-refractivity contribution is -0.129. The number of carbonyl (C=O) groups is 1. The molecule has 0 radical (unpaired) electrons. The van der Waals surface area contributed by atoms with Crippen LogP contribution in [0.25, 0.3) is 21.1 Å². The van der Waals surface area contributed by atoms with Crippen molar-refractivity contribution in [2.75, 3.05) is 6.54 Å². The maximum Gasteiger partial charge on any atom is 0.250 e. The third-order valence-corrected chi connectivity index (χ3v) is 8.00. The number of hydrogen-bond donors (Lipinski definition) is 2. The fraction of sp³-hybridized carbons (Fsp3) is 0.211. The predicted octanol–water partition coefficient (Wildman–Crippen LogP) is 2.25. The van der Waals surface area contributed by atoms with Crippen molar-refractivity contribution in [2.24, 2.45) is 0 Å². The first-order valence-corrected chi connectivity index (χ1v) is 11.4. The van der Waals surface area contributed by atoms with Crippen LogP contribution in [0, 0.1) is 0 Å². The zero-order valence-corrected chi connectivity index (χ0v) is 16.8. The molecular formula is C19H17N5O3S2. The Morgan fingerprint density at radius 2 is 2.17 bits per heavy atom. The number of aromatic nitrogens is 3. The highest BCUT2D eigenvalue weighted by molar-refractivity contribution is 7.91. The van der Waals surface area contributed by atoms with E-state index in [1.807, 2.05) is 18.2 Å². The van der Waals surface area contributed by atoms with Crippen LogP contribution in [0.5, 0.6) is 0 Å². The predicted molar refractivity (Wildman–Crippen MR) is 110 cm³/mol. The number of carbonyl (C=O) groups excluding carboxylic acids is 1. The first-order chi connectivity index (χ1) is 14.0. The van der Waals surface area contributed by atoms with Crippen molar-refractivity contribution in [3.8, 4) is 0 Å². The molecule has 0 saturated carbocycles. The number of likely N-dealkylation sites (tertiary alicyclic amines) is 1. The van der Waals surface area contributed by atoms with Gasteiger partial charge in [-0.25, -0.2) is 8.42 Å². The van der Waals surface area contributed by atoms with Crippen LogP contribution < -0.4 is 4.72 Å². The van der Waals surface area contributed by atoms with E-state index in [1.54, 1.807) is 29.6 Å². The van der Waals surface area contributed by atoms with Crippen molar-refractivity contribution in [3.63, 3.8) is 0 Å². The smallest absolute Gasteiger partial charge is 0.250 e. The van der Waals surface area contributed by atoms with Gasteiger partial charge in [0.1, 0.15) is 10.3 Å². The molecule has 4 aromatic heterocycles. The lowest BCUT2D eigenvalue weighted by Gasteiger charge is -2.16. The second-order valence-electron chi connectivity index (χ2n) is 6.93. The van der Waals surface area contributed by atoms with E-state index in [0.29, 0.717) is 25.0 Å². The molecule has 0 unspecified atom stereocenters. The van der Waals surface area contributed by atoms with Gasteiger partial charge >= 0.3 is 0 Å². The molecule has 4 aromatic rings. The van der Waals surface area contributed by atoms with E-state index in [-0.39, 0.29) is 10.1 Å². The summed E-state index contributed by atoms with van der Waals surface area (Å²) in [6.07, 6.45) is 5.51. The molecule has 0 bridgehead atoms. The van der Waals surface area contributed by atoms with Gasteiger partial charge in [0.05, 0.1) is 28.5 Å². The molecule has 29 heavy (non-hydrogen) atoms. The van der Waals surface area contributed by atoms with Crippen LogP contribution in [0.4, 0.5) is 0 Å². The van der Waals surface area contributed by atoms with Gasteiger partial charge in [0, 0.05) is 30.0 Å². The standard InChI is InChI=1S/C19H17N5O3S2/c25-19-14(23-29(26,27)18-9-15-17(28-18)2-1-5-21-15)4-7-24(19)11-13-8-12-3-6-20-10-16(12)22-13/h1-3,5-6,8-10,14,22-23H,4,7,11H2/t14-/m1/s1. The van der Waals surface area contributed by atoms with Crippen molar-refractivity contribution in [3.05, 3.63) is 54.6 Å². The largest absolute Gasteiger partial charge is 0.356 e. The zero-order valence-electron chi connectivity index (χ0n) is 15.2. The van der Waals surface area contributed by atoms with E-state index >= 15 is 0 Å². The molecule has 0 spiro atoms. The van der Waals surface area contributed by atoms with Gasteiger partial charge in [0.25, 0.3) is 10.0 Å². The van der Waals surface area contributed by atoms with Crippen molar-refractivity contribution >= 4 is 48.4 Å². The van der Waals surface area contributed by atoms with E-state index in [2.05, 4.69) is 19.7 Å². The van der Waals surface area contributed by atoms with Gasteiger partial charge in [-0.3, -0.25) is 14.8 Å². The summed E-state index contributed by atoms with van der Waals surface area (Å²) in [4.78, 5) is 25.9. The number of nitrogens with zero attached hydrogens (tertiary/aromatic N) is 3. The molecule has 10 heteroatoms. The third kappa shape index (κ3) is 3.39. The summed E-state index contributed by atoms with van der Waals surface area (Å²) in [5.74, 6) is -0.218. The van der Waals surface area contributed by atoms with E-state index < -0.39 is 16.1 Å². The average Bonchev–Trinajstić information content (AvgIpc) is 3.40. The summed E-state index contributed by atoms with van der Waals surface area (Å²) in [6.45, 7) is 0.895. The minimum atomic E-state index is -3.79. The number of hydrogen-bond acceptors (Lipinski definition) is 6. The normalized spacial score (nSPS) is 17.6. The van der Waals surface area contributed by atoms with Crippen molar-refractivity contribution in [2.45, 2.75) is 23.2 Å². The van der Waals surface area contributed by atoms with Gasteiger partial charge in [0.2, 0.25) is 5.91 Å². The Kier molecular flexibility index (Phi) is 4.34. The van der Waals surface area contributed by atoms with Crippen LogP contribution in [0.1, 0.15) is 12.1 Å². The summed E-state index contributed by atoms with van der Waals surface area (Å²) in [6, 6.07) is 8.25. The van der Waals surface area contributed by atoms with E-state index in [1.165, 1.54) is 6.07 Å². The van der Waals surface area contributed by atoms with Crippen molar-refractivity contribution in [1.29, 1.82) is 0 Å².